The molecule has 1 amide bonds. The Morgan fingerprint density at radius 3 is 1.97 bits per heavy atom. The molecule has 0 saturated carbocycles. The SMILES string of the molecule is Cn1cncc1-c1ccc(NC(=O)[C@@H](N)C(c2ccccc2)c2ccccc2)cc1. The second-order valence-electron chi connectivity index (χ2n) is 7.28. The van der Waals surface area contributed by atoms with Crippen molar-refractivity contribution in [1.82, 2.24) is 9.55 Å². The quantitative estimate of drug-likeness (QED) is 0.513. The third-order valence-corrected chi connectivity index (χ3v) is 5.24. The molecule has 0 unspecified atom stereocenters. The van der Waals surface area contributed by atoms with E-state index < -0.39 is 6.04 Å². The third-order valence-electron chi connectivity index (χ3n) is 5.24. The van der Waals surface area contributed by atoms with Crippen molar-refractivity contribution in [3.05, 3.63) is 109 Å². The molecular formula is C25H24N4O. The molecule has 3 N–H and O–H groups in total. The molecule has 1 heterocycles. The van der Waals surface area contributed by atoms with Crippen LogP contribution < -0.4 is 11.1 Å². The summed E-state index contributed by atoms with van der Waals surface area (Å²) in [6.07, 6.45) is 3.57. The van der Waals surface area contributed by atoms with Crippen LogP contribution in [-0.2, 0) is 11.8 Å². The molecule has 4 rings (SSSR count). The molecule has 4 aromatic rings. The predicted molar refractivity (Wildman–Crippen MR) is 120 cm³/mol. The summed E-state index contributed by atoms with van der Waals surface area (Å²) in [6.45, 7) is 0. The molecule has 1 atom stereocenters. The third kappa shape index (κ3) is 4.16. The Bertz CT molecular complexity index is 1070. The molecule has 5 nitrogen and oxygen atoms in total. The molecule has 1 aromatic heterocycles. The van der Waals surface area contributed by atoms with Crippen LogP contribution in [0.25, 0.3) is 11.3 Å². The summed E-state index contributed by atoms with van der Waals surface area (Å²) >= 11 is 0. The van der Waals surface area contributed by atoms with Gasteiger partial charge in [-0.3, -0.25) is 4.79 Å². The minimum absolute atomic E-state index is 0.221. The van der Waals surface area contributed by atoms with Crippen LogP contribution in [0, 0.1) is 0 Å². The van der Waals surface area contributed by atoms with Gasteiger partial charge in [0.05, 0.1) is 24.3 Å². The van der Waals surface area contributed by atoms with Gasteiger partial charge < -0.3 is 15.6 Å². The normalized spacial score (nSPS) is 12.0. The number of nitrogens with zero attached hydrogens (tertiary/aromatic N) is 2. The van der Waals surface area contributed by atoms with Gasteiger partial charge in [0.15, 0.2) is 0 Å². The standard InChI is InChI=1S/C25H24N4O/c1-29-17-27-16-22(29)18-12-14-21(15-13-18)28-25(30)24(26)23(19-8-4-2-5-9-19)20-10-6-3-7-11-20/h2-17,23-24H,26H2,1H3,(H,28,30)/t24-/m0/s1. The van der Waals surface area contributed by atoms with Gasteiger partial charge in [-0.1, -0.05) is 72.8 Å². The molecule has 0 aliphatic rings. The highest BCUT2D eigenvalue weighted by atomic mass is 16.2. The monoisotopic (exact) mass is 396 g/mol. The molecule has 150 valence electrons. The first-order chi connectivity index (χ1) is 14.6. The molecular weight excluding hydrogens is 372 g/mol. The summed E-state index contributed by atoms with van der Waals surface area (Å²) in [5.74, 6) is -0.456. The van der Waals surface area contributed by atoms with E-state index in [2.05, 4.69) is 10.3 Å². The lowest BCUT2D eigenvalue weighted by molar-refractivity contribution is -0.117. The van der Waals surface area contributed by atoms with Gasteiger partial charge in [-0.05, 0) is 28.8 Å². The maximum Gasteiger partial charge on any atom is 0.242 e. The number of amides is 1. The molecule has 0 fully saturated rings. The molecule has 0 spiro atoms. The van der Waals surface area contributed by atoms with Gasteiger partial charge in [-0.2, -0.15) is 0 Å². The average molecular weight is 396 g/mol. The van der Waals surface area contributed by atoms with E-state index in [0.717, 1.165) is 22.4 Å². The zero-order valence-electron chi connectivity index (χ0n) is 16.8. The second kappa shape index (κ2) is 8.76. The number of carbonyl (C=O) groups excluding carboxylic acids is 1. The first kappa shape index (κ1) is 19.6. The van der Waals surface area contributed by atoms with Crippen molar-refractivity contribution in [2.24, 2.45) is 12.8 Å². The Morgan fingerprint density at radius 1 is 0.900 bits per heavy atom. The Kier molecular flexibility index (Phi) is 5.72. The number of aromatic nitrogens is 2. The van der Waals surface area contributed by atoms with Crippen LogP contribution in [0.3, 0.4) is 0 Å². The van der Waals surface area contributed by atoms with Gasteiger partial charge in [-0.25, -0.2) is 4.98 Å². The van der Waals surface area contributed by atoms with Crippen LogP contribution in [0.2, 0.25) is 0 Å². The minimum atomic E-state index is -0.730. The molecule has 0 saturated heterocycles. The number of rotatable bonds is 6. The highest BCUT2D eigenvalue weighted by Gasteiger charge is 2.27. The Balaban J connectivity index is 1.55. The number of benzene rings is 3. The van der Waals surface area contributed by atoms with E-state index in [1.54, 1.807) is 6.33 Å². The Labute approximate surface area is 176 Å². The summed E-state index contributed by atoms with van der Waals surface area (Å²) in [4.78, 5) is 17.2. The van der Waals surface area contributed by atoms with E-state index in [1.807, 2.05) is 103 Å². The first-order valence-corrected chi connectivity index (χ1v) is 9.86. The van der Waals surface area contributed by atoms with Gasteiger partial charge in [0.1, 0.15) is 0 Å². The summed E-state index contributed by atoms with van der Waals surface area (Å²) in [7, 11) is 1.95. The zero-order valence-corrected chi connectivity index (χ0v) is 16.8. The fourth-order valence-corrected chi connectivity index (χ4v) is 3.66. The van der Waals surface area contributed by atoms with E-state index in [-0.39, 0.29) is 11.8 Å². The maximum absolute atomic E-state index is 13.0. The van der Waals surface area contributed by atoms with Gasteiger partial charge in [-0.15, -0.1) is 0 Å². The number of nitrogens with one attached hydrogen (secondary N) is 1. The predicted octanol–water partition coefficient (Wildman–Crippen LogP) is 4.19. The second-order valence-corrected chi connectivity index (χ2v) is 7.28. The number of carbonyl (C=O) groups is 1. The summed E-state index contributed by atoms with van der Waals surface area (Å²) in [5, 5.41) is 2.96. The summed E-state index contributed by atoms with van der Waals surface area (Å²) < 4.78 is 1.95. The van der Waals surface area contributed by atoms with E-state index in [1.165, 1.54) is 0 Å². The highest BCUT2D eigenvalue weighted by molar-refractivity contribution is 5.96. The zero-order chi connectivity index (χ0) is 20.9. The van der Waals surface area contributed by atoms with E-state index >= 15 is 0 Å². The Morgan fingerprint density at radius 2 is 1.47 bits per heavy atom. The lowest BCUT2D eigenvalue weighted by atomic mass is 9.85. The average Bonchev–Trinajstić information content (AvgIpc) is 3.22. The number of aryl methyl sites for hydroxylation is 1. The number of hydrogen-bond donors (Lipinski definition) is 2. The van der Waals surface area contributed by atoms with E-state index in [9.17, 15) is 4.79 Å². The van der Waals surface area contributed by atoms with Crippen LogP contribution in [-0.4, -0.2) is 21.5 Å². The summed E-state index contributed by atoms with van der Waals surface area (Å²) in [6, 6.07) is 26.8. The lowest BCUT2D eigenvalue weighted by Gasteiger charge is -2.24. The topological polar surface area (TPSA) is 72.9 Å². The molecule has 0 radical (unpaired) electrons. The first-order valence-electron chi connectivity index (χ1n) is 9.86. The van der Waals surface area contributed by atoms with Crippen molar-refractivity contribution >= 4 is 11.6 Å². The lowest BCUT2D eigenvalue weighted by Crippen LogP contribution is -2.41. The van der Waals surface area contributed by atoms with Crippen LogP contribution in [0.5, 0.6) is 0 Å². The van der Waals surface area contributed by atoms with Crippen molar-refractivity contribution in [1.29, 1.82) is 0 Å². The largest absolute Gasteiger partial charge is 0.334 e. The highest BCUT2D eigenvalue weighted by Crippen LogP contribution is 2.28. The van der Waals surface area contributed by atoms with Crippen LogP contribution in [0.15, 0.2) is 97.5 Å². The smallest absolute Gasteiger partial charge is 0.242 e. The van der Waals surface area contributed by atoms with Crippen LogP contribution in [0.4, 0.5) is 5.69 Å². The van der Waals surface area contributed by atoms with Gasteiger partial charge in [0, 0.05) is 18.7 Å². The molecule has 3 aromatic carbocycles. The minimum Gasteiger partial charge on any atom is -0.334 e. The number of imidazole rings is 1. The molecule has 5 heteroatoms. The van der Waals surface area contributed by atoms with Crippen molar-refractivity contribution in [2.75, 3.05) is 5.32 Å². The maximum atomic E-state index is 13.0. The van der Waals surface area contributed by atoms with Gasteiger partial charge >= 0.3 is 0 Å². The Hall–Kier alpha value is -3.70. The van der Waals surface area contributed by atoms with Crippen molar-refractivity contribution < 1.29 is 4.79 Å². The van der Waals surface area contributed by atoms with Gasteiger partial charge in [0.2, 0.25) is 5.91 Å². The van der Waals surface area contributed by atoms with Crippen molar-refractivity contribution in [3.63, 3.8) is 0 Å². The van der Waals surface area contributed by atoms with Crippen LogP contribution >= 0.6 is 0 Å². The molecule has 30 heavy (non-hydrogen) atoms. The molecule has 0 aliphatic carbocycles. The number of anilines is 1. The molecule has 0 bridgehead atoms. The van der Waals surface area contributed by atoms with Gasteiger partial charge in [0.25, 0.3) is 0 Å². The summed E-state index contributed by atoms with van der Waals surface area (Å²) in [5.41, 5.74) is 11.3. The number of hydrogen-bond acceptors (Lipinski definition) is 3. The fourth-order valence-electron chi connectivity index (χ4n) is 3.66. The van der Waals surface area contributed by atoms with E-state index in [0.29, 0.717) is 5.69 Å². The fraction of sp³-hybridized carbons (Fsp3) is 0.120. The van der Waals surface area contributed by atoms with Crippen molar-refractivity contribution in [3.8, 4) is 11.3 Å². The van der Waals surface area contributed by atoms with Crippen molar-refractivity contribution in [2.45, 2.75) is 12.0 Å². The molecule has 0 aliphatic heterocycles. The van der Waals surface area contributed by atoms with Crippen LogP contribution in [0.1, 0.15) is 17.0 Å². The number of nitrogens with two attached hydrogens (primary N) is 1. The van der Waals surface area contributed by atoms with E-state index in [4.69, 9.17) is 5.73 Å².